The minimum absolute atomic E-state index is 0.336. The number of hydrogen-bond donors (Lipinski definition) is 1. The van der Waals surface area contributed by atoms with E-state index in [-0.39, 0.29) is 5.97 Å². The topological polar surface area (TPSA) is 59.4 Å². The highest BCUT2D eigenvalue weighted by molar-refractivity contribution is 5.94. The van der Waals surface area contributed by atoms with E-state index in [1.165, 1.54) is 0 Å². The van der Waals surface area contributed by atoms with Crippen LogP contribution in [-0.2, 0) is 4.74 Å². The predicted molar refractivity (Wildman–Crippen MR) is 63.0 cm³/mol. The summed E-state index contributed by atoms with van der Waals surface area (Å²) in [6.45, 7) is 2.16. The van der Waals surface area contributed by atoms with Gasteiger partial charge in [0.2, 0.25) is 0 Å². The maximum Gasteiger partial charge on any atom is 0.354 e. The van der Waals surface area contributed by atoms with E-state index in [4.69, 9.17) is 4.74 Å². The highest BCUT2D eigenvalue weighted by Gasteiger charge is 2.11. The number of H-pyrrole nitrogens is 1. The lowest BCUT2D eigenvalue weighted by molar-refractivity contribution is 0.0520. The van der Waals surface area contributed by atoms with Gasteiger partial charge in [0.15, 0.2) is 0 Å². The van der Waals surface area contributed by atoms with Crippen LogP contribution in [0.3, 0.4) is 0 Å². The Morgan fingerprint density at radius 1 is 1.53 bits per heavy atom. The Kier molecular flexibility index (Phi) is 2.11. The first-order valence-electron chi connectivity index (χ1n) is 5.41. The van der Waals surface area contributed by atoms with Gasteiger partial charge in [-0.15, -0.1) is 0 Å². The van der Waals surface area contributed by atoms with Crippen LogP contribution in [0.2, 0.25) is 0 Å². The highest BCUT2D eigenvalue weighted by atomic mass is 16.5. The highest BCUT2D eigenvalue weighted by Crippen LogP contribution is 2.17. The van der Waals surface area contributed by atoms with Crippen LogP contribution in [0.5, 0.6) is 0 Å². The second kappa shape index (κ2) is 3.62. The van der Waals surface area contributed by atoms with E-state index in [9.17, 15) is 4.79 Å². The summed E-state index contributed by atoms with van der Waals surface area (Å²) in [6.07, 6.45) is 3.57. The average molecular weight is 229 g/mol. The molecule has 0 aliphatic rings. The van der Waals surface area contributed by atoms with E-state index in [0.29, 0.717) is 12.3 Å². The van der Waals surface area contributed by atoms with Gasteiger partial charge in [-0.1, -0.05) is 0 Å². The number of rotatable bonds is 2. The van der Waals surface area contributed by atoms with Gasteiger partial charge in [-0.3, -0.25) is 4.40 Å². The summed E-state index contributed by atoms with van der Waals surface area (Å²) in [6, 6.07) is 5.62. The van der Waals surface area contributed by atoms with E-state index in [1.807, 2.05) is 22.7 Å². The quantitative estimate of drug-likeness (QED) is 0.683. The van der Waals surface area contributed by atoms with E-state index in [0.717, 1.165) is 16.7 Å². The van der Waals surface area contributed by atoms with Crippen LogP contribution >= 0.6 is 0 Å². The first-order chi connectivity index (χ1) is 8.29. The van der Waals surface area contributed by atoms with Gasteiger partial charge in [-0.2, -0.15) is 0 Å². The molecule has 0 saturated heterocycles. The molecule has 1 N–H and O–H groups in total. The molecule has 0 aromatic carbocycles. The van der Waals surface area contributed by atoms with Crippen LogP contribution in [0.1, 0.15) is 17.4 Å². The number of aromatic nitrogens is 3. The number of imidazole rings is 1. The zero-order valence-corrected chi connectivity index (χ0v) is 9.30. The average Bonchev–Trinajstić information content (AvgIpc) is 2.94. The lowest BCUT2D eigenvalue weighted by atomic mass is 10.3. The van der Waals surface area contributed by atoms with Gasteiger partial charge in [0.05, 0.1) is 6.61 Å². The largest absolute Gasteiger partial charge is 0.461 e. The first kappa shape index (κ1) is 9.89. The van der Waals surface area contributed by atoms with Gasteiger partial charge in [-0.25, -0.2) is 9.78 Å². The second-order valence-electron chi connectivity index (χ2n) is 3.70. The molecule has 0 saturated carbocycles. The summed E-state index contributed by atoms with van der Waals surface area (Å²) in [5.41, 5.74) is 2.15. The predicted octanol–water partition coefficient (Wildman–Crippen LogP) is 1.99. The molecule has 3 heterocycles. The molecule has 17 heavy (non-hydrogen) atoms. The molecule has 0 bridgehead atoms. The van der Waals surface area contributed by atoms with Gasteiger partial charge >= 0.3 is 5.97 Å². The van der Waals surface area contributed by atoms with E-state index in [2.05, 4.69) is 9.97 Å². The maximum absolute atomic E-state index is 11.6. The number of pyridine rings is 1. The smallest absolute Gasteiger partial charge is 0.354 e. The van der Waals surface area contributed by atoms with Crippen LogP contribution in [-0.4, -0.2) is 26.9 Å². The number of carbonyl (C=O) groups is 1. The van der Waals surface area contributed by atoms with Crippen LogP contribution in [0.25, 0.3) is 16.7 Å². The van der Waals surface area contributed by atoms with Crippen molar-refractivity contribution in [2.24, 2.45) is 0 Å². The Morgan fingerprint density at radius 2 is 2.41 bits per heavy atom. The monoisotopic (exact) mass is 229 g/mol. The van der Waals surface area contributed by atoms with E-state index >= 15 is 0 Å². The van der Waals surface area contributed by atoms with Crippen molar-refractivity contribution < 1.29 is 9.53 Å². The number of hydrogen-bond acceptors (Lipinski definition) is 3. The van der Waals surface area contributed by atoms with Crippen LogP contribution in [0, 0.1) is 0 Å². The third kappa shape index (κ3) is 1.47. The molecule has 3 aromatic rings. The summed E-state index contributed by atoms with van der Waals surface area (Å²) in [4.78, 5) is 18.9. The zero-order valence-electron chi connectivity index (χ0n) is 9.30. The second-order valence-corrected chi connectivity index (χ2v) is 3.70. The number of esters is 1. The fraction of sp³-hybridized carbons (Fsp3) is 0.167. The summed E-state index contributed by atoms with van der Waals surface area (Å²) >= 11 is 0. The number of ether oxygens (including phenoxy) is 1. The molecule has 0 fully saturated rings. The molecule has 3 rings (SSSR count). The van der Waals surface area contributed by atoms with Crippen molar-refractivity contribution in [3.63, 3.8) is 0 Å². The molecule has 5 nitrogen and oxygen atoms in total. The minimum Gasteiger partial charge on any atom is -0.461 e. The summed E-state index contributed by atoms with van der Waals surface area (Å²) in [5.74, 6) is -0.336. The molecular formula is C12H11N3O2. The fourth-order valence-corrected chi connectivity index (χ4v) is 1.90. The summed E-state index contributed by atoms with van der Waals surface area (Å²) in [7, 11) is 0. The van der Waals surface area contributed by atoms with Gasteiger partial charge in [0.25, 0.3) is 0 Å². The molecule has 0 aliphatic carbocycles. The van der Waals surface area contributed by atoms with Gasteiger partial charge in [0.1, 0.15) is 17.0 Å². The molecule has 3 aromatic heterocycles. The molecule has 86 valence electrons. The van der Waals surface area contributed by atoms with Crippen molar-refractivity contribution in [2.45, 2.75) is 6.92 Å². The standard InChI is InChI=1S/C12H11N3O2/c1-2-17-12(16)9-7-8-3-4-10-13-5-6-15(10)11(8)14-9/h3-7,14H,2H2,1H3. The molecule has 5 heteroatoms. The first-order valence-corrected chi connectivity index (χ1v) is 5.41. The van der Waals surface area contributed by atoms with E-state index in [1.54, 1.807) is 19.2 Å². The summed E-state index contributed by atoms with van der Waals surface area (Å²) < 4.78 is 6.86. The maximum atomic E-state index is 11.6. The van der Waals surface area contributed by atoms with E-state index < -0.39 is 0 Å². The van der Waals surface area contributed by atoms with Crippen molar-refractivity contribution in [2.75, 3.05) is 6.61 Å². The number of fused-ring (bicyclic) bond motifs is 3. The lowest BCUT2D eigenvalue weighted by Gasteiger charge is -1.97. The molecular weight excluding hydrogens is 218 g/mol. The summed E-state index contributed by atoms with van der Waals surface area (Å²) in [5, 5.41) is 0.957. The van der Waals surface area contributed by atoms with Gasteiger partial charge in [-0.05, 0) is 25.1 Å². The number of nitrogens with zero attached hydrogens (tertiary/aromatic N) is 2. The van der Waals surface area contributed by atoms with Gasteiger partial charge < -0.3 is 9.72 Å². The van der Waals surface area contributed by atoms with Crippen molar-refractivity contribution in [1.29, 1.82) is 0 Å². The third-order valence-corrected chi connectivity index (χ3v) is 2.64. The Labute approximate surface area is 97.0 Å². The van der Waals surface area contributed by atoms with Crippen LogP contribution in [0.4, 0.5) is 0 Å². The molecule has 0 radical (unpaired) electrons. The Morgan fingerprint density at radius 3 is 3.24 bits per heavy atom. The van der Waals surface area contributed by atoms with Gasteiger partial charge in [0, 0.05) is 17.8 Å². The fourth-order valence-electron chi connectivity index (χ4n) is 1.90. The van der Waals surface area contributed by atoms with Crippen molar-refractivity contribution in [1.82, 2.24) is 14.4 Å². The Hall–Kier alpha value is -2.30. The van der Waals surface area contributed by atoms with Crippen molar-refractivity contribution >= 4 is 22.6 Å². The minimum atomic E-state index is -0.336. The van der Waals surface area contributed by atoms with Crippen LogP contribution < -0.4 is 0 Å². The Balaban J connectivity index is 2.20. The molecule has 0 aliphatic heterocycles. The molecule has 0 unspecified atom stereocenters. The number of aromatic amines is 1. The number of carbonyl (C=O) groups excluding carboxylic acids is 1. The zero-order chi connectivity index (χ0) is 11.8. The number of nitrogens with one attached hydrogen (secondary N) is 1. The normalized spacial score (nSPS) is 11.1. The van der Waals surface area contributed by atoms with Crippen LogP contribution in [0.15, 0.2) is 30.6 Å². The SMILES string of the molecule is CCOC(=O)c1cc2ccc3nccn3c2[nH]1. The molecule has 0 amide bonds. The molecule has 0 atom stereocenters. The van der Waals surface area contributed by atoms with Crippen molar-refractivity contribution in [3.8, 4) is 0 Å². The van der Waals surface area contributed by atoms with Crippen molar-refractivity contribution in [3.05, 3.63) is 36.3 Å². The lowest BCUT2D eigenvalue weighted by Crippen LogP contribution is -2.04. The third-order valence-electron chi connectivity index (χ3n) is 2.64. The Bertz CT molecular complexity index is 696. The molecule has 0 spiro atoms.